The first-order chi connectivity index (χ1) is 41.9. The molecule has 0 aliphatic carbocycles. The minimum atomic E-state index is -2.22. The number of benzene rings is 4. The molecule has 0 spiro atoms. The fourth-order valence-corrected chi connectivity index (χ4v) is 11.5. The lowest BCUT2D eigenvalue weighted by molar-refractivity contribution is -0.433. The van der Waals surface area contributed by atoms with E-state index in [-0.39, 0.29) is 29.2 Å². The van der Waals surface area contributed by atoms with E-state index in [4.69, 9.17) is 15.2 Å². The quantitative estimate of drug-likeness (QED) is 0.0237. The maximum Gasteiger partial charge on any atom is 0.261 e. The van der Waals surface area contributed by atoms with Crippen molar-refractivity contribution in [2.45, 2.75) is 119 Å². The zero-order chi connectivity index (χ0) is 63.7. The molecule has 8 rings (SSSR count). The van der Waals surface area contributed by atoms with Crippen LogP contribution in [0.25, 0.3) is 32.3 Å². The van der Waals surface area contributed by atoms with Crippen LogP contribution in [0.5, 0.6) is 11.5 Å². The van der Waals surface area contributed by atoms with Crippen molar-refractivity contribution >= 4 is 70.9 Å². The Labute approximate surface area is 510 Å². The number of rotatable bonds is 16. The third-order valence-electron chi connectivity index (χ3n) is 15.1. The van der Waals surface area contributed by atoms with Crippen LogP contribution in [0, 0.1) is 12.8 Å². The van der Waals surface area contributed by atoms with Crippen molar-refractivity contribution in [3.63, 3.8) is 0 Å². The van der Waals surface area contributed by atoms with E-state index in [1.54, 1.807) is 12.1 Å². The maximum absolute atomic E-state index is 14.7. The highest BCUT2D eigenvalue weighted by atomic mass is 32.2. The summed E-state index contributed by atoms with van der Waals surface area (Å²) in [5, 5.41) is 112. The summed E-state index contributed by atoms with van der Waals surface area (Å²) >= 11 is 1.36. The summed E-state index contributed by atoms with van der Waals surface area (Å²) in [7, 11) is 0. The molecule has 29 nitrogen and oxygen atoms in total. The second-order valence-electron chi connectivity index (χ2n) is 21.7. The van der Waals surface area contributed by atoms with E-state index in [0.717, 1.165) is 51.1 Å². The summed E-state index contributed by atoms with van der Waals surface area (Å²) in [6.45, 7) is 2.88. The highest BCUT2D eigenvalue weighted by molar-refractivity contribution is 7.90. The summed E-state index contributed by atoms with van der Waals surface area (Å²) in [5.74, 6) is -11.1. The zero-order valence-electron chi connectivity index (χ0n) is 47.4. The molecule has 3 aliphatic rings. The smallest absolute Gasteiger partial charge is 0.261 e. The number of hydrogen-bond donors (Lipinski definition) is 14. The fourth-order valence-electron chi connectivity index (χ4n) is 10.4. The van der Waals surface area contributed by atoms with Gasteiger partial charge in [0.25, 0.3) is 18.2 Å². The van der Waals surface area contributed by atoms with Crippen molar-refractivity contribution in [2.75, 3.05) is 19.6 Å². The number of hydrogen-bond acceptors (Lipinski definition) is 23. The summed E-state index contributed by atoms with van der Waals surface area (Å²) < 4.78 is 9.30. The summed E-state index contributed by atoms with van der Waals surface area (Å²) in [6.07, 6.45) is -13.6. The fraction of sp³-hybridized carbons (Fsp3) is 0.404. The van der Waals surface area contributed by atoms with Gasteiger partial charge in [-0.05, 0) is 54.8 Å². The summed E-state index contributed by atoms with van der Waals surface area (Å²) in [5.41, 5.74) is 10.1. The average Bonchev–Trinajstić information content (AvgIpc) is 4.37. The van der Waals surface area contributed by atoms with Gasteiger partial charge in [-0.3, -0.25) is 38.4 Å². The molecule has 8 amide bonds. The first-order valence-corrected chi connectivity index (χ1v) is 29.1. The van der Waals surface area contributed by atoms with Crippen LogP contribution in [0.15, 0.2) is 91.0 Å². The van der Waals surface area contributed by atoms with Crippen LogP contribution in [0.1, 0.15) is 54.6 Å². The SMILES string of the molecule is Cc1ccc(-c2ccc(-c3nnc(-c4ccc(C(=O)N[C@H]5CC(O)CNC(=O)C6C(O)C(C)CN6C(=O)C(C(O)CC(N)=O)NC(=O)C(C(O)Cc6ccc(O)c(OSOOO)c6)NC(=O)C6CC(O)CN6C(=O)C(C(C)O)NC5=O)cc4)s3)cc2)cc1. The number of β-amino-alcohol motifs (C(OH)–C–C–N with tert-alkyl or cyclic N) is 1. The molecule has 5 aromatic rings. The highest BCUT2D eigenvalue weighted by Gasteiger charge is 2.50. The Hall–Kier alpha value is -8.21. The third kappa shape index (κ3) is 15.9. The van der Waals surface area contributed by atoms with Crippen LogP contribution in [0.3, 0.4) is 0 Å². The molecule has 88 heavy (non-hydrogen) atoms. The molecule has 3 fully saturated rings. The molecule has 3 aliphatic heterocycles. The second kappa shape index (κ2) is 29.2. The van der Waals surface area contributed by atoms with Crippen LogP contribution in [0.4, 0.5) is 0 Å². The van der Waals surface area contributed by atoms with Crippen molar-refractivity contribution in [2.24, 2.45) is 11.7 Å². The minimum absolute atomic E-state index is 0.00625. The Morgan fingerprint density at radius 3 is 1.95 bits per heavy atom. The number of fused-ring (bicyclic) bond motifs is 2. The maximum atomic E-state index is 14.7. The molecule has 0 radical (unpaired) electrons. The van der Waals surface area contributed by atoms with E-state index in [2.05, 4.69) is 46.2 Å². The predicted octanol–water partition coefficient (Wildman–Crippen LogP) is -1.26. The number of nitrogens with zero attached hydrogens (tertiary/aromatic N) is 4. The molecular weight excluding hydrogens is 1190 g/mol. The van der Waals surface area contributed by atoms with Crippen molar-refractivity contribution in [3.05, 3.63) is 108 Å². The molecule has 31 heteroatoms. The monoisotopic (exact) mass is 1260 g/mol. The van der Waals surface area contributed by atoms with E-state index in [1.165, 1.54) is 36.5 Å². The highest BCUT2D eigenvalue weighted by Crippen LogP contribution is 2.34. The number of aromatic nitrogens is 2. The van der Waals surface area contributed by atoms with Gasteiger partial charge in [-0.1, -0.05) is 99.9 Å². The van der Waals surface area contributed by atoms with Crippen LogP contribution in [0.2, 0.25) is 0 Å². The van der Waals surface area contributed by atoms with Crippen molar-refractivity contribution in [1.29, 1.82) is 0 Å². The molecule has 4 aromatic carbocycles. The Morgan fingerprint density at radius 2 is 1.33 bits per heavy atom. The number of aryl methyl sites for hydroxylation is 1. The number of aliphatic hydroxyl groups is 6. The number of phenolic OH excluding ortho intramolecular Hbond substituents is 1. The topological polar surface area (TPSA) is 445 Å². The van der Waals surface area contributed by atoms with E-state index < -0.39 is 177 Å². The van der Waals surface area contributed by atoms with Gasteiger partial charge in [-0.15, -0.1) is 10.2 Å². The lowest BCUT2D eigenvalue weighted by Crippen LogP contribution is -2.64. The molecule has 1 aromatic heterocycles. The number of carbonyl (C=O) groups excluding carboxylic acids is 8. The van der Waals surface area contributed by atoms with Crippen LogP contribution in [-0.2, 0) is 49.4 Å². The number of nitrogens with two attached hydrogens (primary N) is 1. The lowest BCUT2D eigenvalue weighted by atomic mass is 9.98. The summed E-state index contributed by atoms with van der Waals surface area (Å²) in [4.78, 5) is 115. The van der Waals surface area contributed by atoms with Crippen molar-refractivity contribution < 1.29 is 92.9 Å². The van der Waals surface area contributed by atoms with E-state index in [9.17, 15) is 74.1 Å². The number of aromatic hydroxyl groups is 1. The second-order valence-corrected chi connectivity index (χ2v) is 23.1. The standard InChI is InChI=1S/C57H66N10O19S2/c1-26-4-7-30(8-5-26)31-9-13-33(14-10-31)54-64-65-55(87-54)34-15-11-32(12-16-34)49(76)60-37-20-35(69)23-59-53(80)47-48(75)27(2)24-67(47)57(82)46(41(73)22-43(58)74)63-52(79)45(40(72)18-29-6-17-39(71)42(19-29)84-88-86-85-83)62-51(78)38-21-36(70)25-66(38)56(81)44(28(3)68)61-50(37)77/h4-17,19,27-28,35-38,40-41,44-48,68-73,75,83H,18,20-25H2,1-3H3,(H2,58,74)(H,59,80)(H,60,76)(H,61,77)(H,62,78)(H,63,79)/t27?,28?,35?,36?,37-,38?,40?,41?,44?,45?,46?,47?,48?/m0/s1. The molecule has 470 valence electrons. The van der Waals surface area contributed by atoms with Gasteiger partial charge in [0.1, 0.15) is 46.3 Å². The number of primary amides is 1. The van der Waals surface area contributed by atoms with Gasteiger partial charge < -0.3 is 82.0 Å². The Bertz CT molecular complexity index is 3340. The molecule has 12 unspecified atom stereocenters. The number of carbonyl (C=O) groups is 8. The number of phenols is 1. The van der Waals surface area contributed by atoms with Gasteiger partial charge in [0.2, 0.25) is 41.4 Å². The van der Waals surface area contributed by atoms with Gasteiger partial charge in [0.15, 0.2) is 11.5 Å². The summed E-state index contributed by atoms with van der Waals surface area (Å²) in [6, 6.07) is 13.9. The van der Waals surface area contributed by atoms with Crippen LogP contribution >= 0.6 is 23.7 Å². The van der Waals surface area contributed by atoms with Crippen LogP contribution < -0.4 is 36.5 Å². The molecule has 0 saturated carbocycles. The first-order valence-electron chi connectivity index (χ1n) is 27.6. The molecule has 13 atom stereocenters. The van der Waals surface area contributed by atoms with Gasteiger partial charge in [0, 0.05) is 61.5 Å². The Balaban J connectivity index is 1.09. The van der Waals surface area contributed by atoms with Gasteiger partial charge in [-0.25, -0.2) is 5.26 Å². The van der Waals surface area contributed by atoms with Crippen molar-refractivity contribution in [3.8, 4) is 43.8 Å². The Kier molecular flexibility index (Phi) is 21.8. The lowest BCUT2D eigenvalue weighted by Gasteiger charge is -2.33. The number of aliphatic hydroxyl groups excluding tert-OH is 6. The van der Waals surface area contributed by atoms with Gasteiger partial charge >= 0.3 is 0 Å². The van der Waals surface area contributed by atoms with Gasteiger partial charge in [0.05, 0.1) is 43.0 Å². The Morgan fingerprint density at radius 1 is 0.739 bits per heavy atom. The van der Waals surface area contributed by atoms with E-state index in [1.807, 2.05) is 55.5 Å². The molecule has 3 saturated heterocycles. The van der Waals surface area contributed by atoms with Gasteiger partial charge in [-0.2, -0.15) is 0 Å². The van der Waals surface area contributed by atoms with Crippen molar-refractivity contribution in [1.82, 2.24) is 46.6 Å². The normalized spacial score (nSPS) is 25.2. The minimum Gasteiger partial charge on any atom is -0.504 e. The van der Waals surface area contributed by atoms with E-state index in [0.29, 0.717) is 15.6 Å². The zero-order valence-corrected chi connectivity index (χ0v) is 49.0. The van der Waals surface area contributed by atoms with E-state index >= 15 is 0 Å². The largest absolute Gasteiger partial charge is 0.504 e. The number of amides is 8. The van der Waals surface area contributed by atoms with Crippen LogP contribution in [-0.4, -0.2) is 201 Å². The molecule has 4 heterocycles. The molecule has 15 N–H and O–H groups in total. The molecular formula is C57H66N10O19S2. The average molecular weight is 1260 g/mol. The predicted molar refractivity (Wildman–Crippen MR) is 311 cm³/mol. The number of nitrogens with one attached hydrogen (secondary N) is 5. The third-order valence-corrected chi connectivity index (χ3v) is 16.5. The molecule has 0 bridgehead atoms. The first kappa shape index (κ1) is 65.8.